The van der Waals surface area contributed by atoms with Crippen LogP contribution in [-0.2, 0) is 9.47 Å². The Hall–Kier alpha value is -2.78. The largest absolute Gasteiger partial charge is 0.497 e. The first-order chi connectivity index (χ1) is 13.5. The Bertz CT molecular complexity index is 952. The fourth-order valence-corrected chi connectivity index (χ4v) is 3.14. The molecule has 0 aliphatic carbocycles. The number of benzene rings is 1. The quantitative estimate of drug-likeness (QED) is 0.580. The SMILES string of the molecule is COCC(COC)N(C)c1nc(C)nc2c1nnn2-c1ccc(OC)cc1C. The van der Waals surface area contributed by atoms with Crippen molar-refractivity contribution in [1.82, 2.24) is 25.0 Å². The molecule has 0 spiro atoms. The number of nitrogens with zero attached hydrogens (tertiary/aromatic N) is 6. The number of hydrogen-bond donors (Lipinski definition) is 0. The Morgan fingerprint density at radius 1 is 1.07 bits per heavy atom. The van der Waals surface area contributed by atoms with Gasteiger partial charge in [-0.15, -0.1) is 5.10 Å². The molecule has 0 bridgehead atoms. The summed E-state index contributed by atoms with van der Waals surface area (Å²) in [6.45, 7) is 4.86. The maximum Gasteiger partial charge on any atom is 0.189 e. The average molecular weight is 386 g/mol. The lowest BCUT2D eigenvalue weighted by Crippen LogP contribution is -2.39. The fourth-order valence-electron chi connectivity index (χ4n) is 3.14. The van der Waals surface area contributed by atoms with Crippen LogP contribution in [0, 0.1) is 13.8 Å². The smallest absolute Gasteiger partial charge is 0.189 e. The Kier molecular flexibility index (Phi) is 6.05. The van der Waals surface area contributed by atoms with E-state index in [1.165, 1.54) is 0 Å². The summed E-state index contributed by atoms with van der Waals surface area (Å²) in [7, 11) is 6.93. The zero-order chi connectivity index (χ0) is 20.3. The van der Waals surface area contributed by atoms with E-state index in [1.54, 1.807) is 26.0 Å². The van der Waals surface area contributed by atoms with Crippen molar-refractivity contribution in [3.63, 3.8) is 0 Å². The Labute approximate surface area is 164 Å². The van der Waals surface area contributed by atoms with Crippen LogP contribution in [0.2, 0.25) is 0 Å². The summed E-state index contributed by atoms with van der Waals surface area (Å²) in [5.41, 5.74) is 3.17. The Balaban J connectivity index is 2.11. The van der Waals surface area contributed by atoms with E-state index in [0.717, 1.165) is 17.0 Å². The van der Waals surface area contributed by atoms with Crippen LogP contribution in [0.4, 0.5) is 5.82 Å². The predicted octanol–water partition coefficient (Wildman–Crippen LogP) is 1.93. The highest BCUT2D eigenvalue weighted by Crippen LogP contribution is 2.26. The Morgan fingerprint density at radius 3 is 2.39 bits per heavy atom. The van der Waals surface area contributed by atoms with Crippen LogP contribution in [0.5, 0.6) is 5.75 Å². The van der Waals surface area contributed by atoms with E-state index in [1.807, 2.05) is 44.0 Å². The number of anilines is 1. The number of aromatic nitrogens is 5. The first-order valence-electron chi connectivity index (χ1n) is 8.96. The molecule has 0 fully saturated rings. The van der Waals surface area contributed by atoms with E-state index in [0.29, 0.717) is 36.0 Å². The third kappa shape index (κ3) is 3.76. The zero-order valence-corrected chi connectivity index (χ0v) is 17.1. The third-order valence-corrected chi connectivity index (χ3v) is 4.63. The second-order valence-corrected chi connectivity index (χ2v) is 6.60. The van der Waals surface area contributed by atoms with Crippen LogP contribution in [0.1, 0.15) is 11.4 Å². The highest BCUT2D eigenvalue weighted by atomic mass is 16.5. The minimum absolute atomic E-state index is 0.0135. The zero-order valence-electron chi connectivity index (χ0n) is 17.1. The summed E-state index contributed by atoms with van der Waals surface area (Å²) in [4.78, 5) is 11.2. The molecule has 0 N–H and O–H groups in total. The molecule has 150 valence electrons. The highest BCUT2D eigenvalue weighted by Gasteiger charge is 2.23. The van der Waals surface area contributed by atoms with Gasteiger partial charge in [0.15, 0.2) is 17.0 Å². The molecule has 0 aliphatic heterocycles. The van der Waals surface area contributed by atoms with Gasteiger partial charge in [-0.1, -0.05) is 5.21 Å². The lowest BCUT2D eigenvalue weighted by Gasteiger charge is -2.28. The summed E-state index contributed by atoms with van der Waals surface area (Å²) >= 11 is 0. The molecule has 0 radical (unpaired) electrons. The molecule has 9 heteroatoms. The topological polar surface area (TPSA) is 87.4 Å². The van der Waals surface area contributed by atoms with Crippen molar-refractivity contribution in [1.29, 1.82) is 0 Å². The molecular weight excluding hydrogens is 360 g/mol. The minimum atomic E-state index is -0.0135. The standard InChI is InChI=1S/C19H26N6O3/c1-12-9-15(28-6)7-8-16(12)25-19-17(22-23-25)18(20-13(2)21-19)24(3)14(10-26-4)11-27-5/h7-9,14H,10-11H2,1-6H3. The van der Waals surface area contributed by atoms with Crippen molar-refractivity contribution >= 4 is 17.0 Å². The van der Waals surface area contributed by atoms with Crippen LogP contribution in [0.15, 0.2) is 18.2 Å². The number of methoxy groups -OCH3 is 3. The van der Waals surface area contributed by atoms with Crippen molar-refractivity contribution in [3.05, 3.63) is 29.6 Å². The Morgan fingerprint density at radius 2 is 1.79 bits per heavy atom. The molecule has 0 aliphatic rings. The van der Waals surface area contributed by atoms with Gasteiger partial charge in [0.25, 0.3) is 0 Å². The second-order valence-electron chi connectivity index (χ2n) is 6.60. The lowest BCUT2D eigenvalue weighted by molar-refractivity contribution is 0.117. The lowest BCUT2D eigenvalue weighted by atomic mass is 10.2. The van der Waals surface area contributed by atoms with Crippen molar-refractivity contribution in [3.8, 4) is 11.4 Å². The molecule has 3 rings (SSSR count). The molecular formula is C19H26N6O3. The van der Waals surface area contributed by atoms with E-state index in [9.17, 15) is 0 Å². The van der Waals surface area contributed by atoms with Gasteiger partial charge in [-0.05, 0) is 37.6 Å². The first-order valence-corrected chi connectivity index (χ1v) is 8.96. The number of likely N-dealkylation sites (N-methyl/N-ethyl adjacent to an activating group) is 1. The van der Waals surface area contributed by atoms with Crippen molar-refractivity contribution in [2.75, 3.05) is 46.5 Å². The number of hydrogen-bond acceptors (Lipinski definition) is 8. The summed E-state index contributed by atoms with van der Waals surface area (Å²) in [6, 6.07) is 5.78. The molecule has 0 amide bonds. The molecule has 0 unspecified atom stereocenters. The van der Waals surface area contributed by atoms with Gasteiger partial charge in [0.2, 0.25) is 0 Å². The summed E-state index contributed by atoms with van der Waals surface area (Å²) in [6.07, 6.45) is 0. The number of fused-ring (bicyclic) bond motifs is 1. The van der Waals surface area contributed by atoms with E-state index < -0.39 is 0 Å². The van der Waals surface area contributed by atoms with Crippen LogP contribution in [0.3, 0.4) is 0 Å². The average Bonchev–Trinajstić information content (AvgIpc) is 3.10. The van der Waals surface area contributed by atoms with Gasteiger partial charge in [-0.2, -0.15) is 4.68 Å². The van der Waals surface area contributed by atoms with Crippen LogP contribution in [-0.4, -0.2) is 72.6 Å². The molecule has 1 aromatic carbocycles. The molecule has 2 heterocycles. The van der Waals surface area contributed by atoms with Crippen LogP contribution < -0.4 is 9.64 Å². The maximum atomic E-state index is 5.34. The second kappa shape index (κ2) is 8.49. The fraction of sp³-hybridized carbons (Fsp3) is 0.474. The number of aryl methyl sites for hydroxylation is 2. The van der Waals surface area contributed by atoms with E-state index in [4.69, 9.17) is 14.2 Å². The van der Waals surface area contributed by atoms with E-state index in [-0.39, 0.29) is 6.04 Å². The summed E-state index contributed by atoms with van der Waals surface area (Å²) in [5, 5.41) is 8.73. The van der Waals surface area contributed by atoms with E-state index in [2.05, 4.69) is 20.3 Å². The predicted molar refractivity (Wildman–Crippen MR) is 106 cm³/mol. The molecule has 0 saturated heterocycles. The van der Waals surface area contributed by atoms with Crippen molar-refractivity contribution in [2.24, 2.45) is 0 Å². The normalized spacial score (nSPS) is 11.4. The molecule has 28 heavy (non-hydrogen) atoms. The van der Waals surface area contributed by atoms with Crippen LogP contribution in [0.25, 0.3) is 16.9 Å². The van der Waals surface area contributed by atoms with Gasteiger partial charge in [0, 0.05) is 21.3 Å². The van der Waals surface area contributed by atoms with Gasteiger partial charge < -0.3 is 19.1 Å². The molecule has 9 nitrogen and oxygen atoms in total. The van der Waals surface area contributed by atoms with Crippen molar-refractivity contribution in [2.45, 2.75) is 19.9 Å². The molecule has 3 aromatic rings. The number of ether oxygens (including phenoxy) is 3. The van der Waals surface area contributed by atoms with Gasteiger partial charge >= 0.3 is 0 Å². The molecule has 0 saturated carbocycles. The molecule has 0 atom stereocenters. The summed E-state index contributed by atoms with van der Waals surface area (Å²) < 4.78 is 17.7. The first kappa shape index (κ1) is 20.0. The maximum absolute atomic E-state index is 5.34. The highest BCUT2D eigenvalue weighted by molar-refractivity contribution is 5.84. The third-order valence-electron chi connectivity index (χ3n) is 4.63. The number of rotatable bonds is 8. The van der Waals surface area contributed by atoms with Crippen molar-refractivity contribution < 1.29 is 14.2 Å². The monoisotopic (exact) mass is 386 g/mol. The van der Waals surface area contributed by atoms with Gasteiger partial charge in [0.05, 0.1) is 32.1 Å². The molecule has 2 aromatic heterocycles. The van der Waals surface area contributed by atoms with Gasteiger partial charge in [-0.25, -0.2) is 9.97 Å². The minimum Gasteiger partial charge on any atom is -0.497 e. The van der Waals surface area contributed by atoms with Gasteiger partial charge in [-0.3, -0.25) is 0 Å². The summed E-state index contributed by atoms with van der Waals surface area (Å²) in [5.74, 6) is 2.12. The van der Waals surface area contributed by atoms with Crippen LogP contribution >= 0.6 is 0 Å². The van der Waals surface area contributed by atoms with Gasteiger partial charge in [0.1, 0.15) is 11.6 Å². The van der Waals surface area contributed by atoms with E-state index >= 15 is 0 Å².